The van der Waals surface area contributed by atoms with Gasteiger partial charge < -0.3 is 5.73 Å². The van der Waals surface area contributed by atoms with Crippen LogP contribution in [0.5, 0.6) is 0 Å². The number of halogens is 1. The molecule has 0 aliphatic rings. The van der Waals surface area contributed by atoms with Crippen LogP contribution in [0, 0.1) is 0 Å². The lowest BCUT2D eigenvalue weighted by Gasteiger charge is -1.95. The molecule has 84 valence electrons. The first-order chi connectivity index (χ1) is 7.58. The average Bonchev–Trinajstić information content (AvgIpc) is 2.25. The molecule has 0 bridgehead atoms. The number of allylic oxidation sites excluding steroid dienone is 1. The SMILES string of the molecule is CC(/C=C/c1ccc(Br)cc1)=N\NC(N)=O. The first-order valence-corrected chi connectivity index (χ1v) is 5.40. The number of primary amides is 1. The summed E-state index contributed by atoms with van der Waals surface area (Å²) in [4.78, 5) is 10.4. The topological polar surface area (TPSA) is 67.5 Å². The van der Waals surface area contributed by atoms with E-state index in [1.165, 1.54) is 0 Å². The lowest BCUT2D eigenvalue weighted by atomic mass is 10.2. The predicted molar refractivity (Wildman–Crippen MR) is 69.0 cm³/mol. The number of rotatable bonds is 3. The summed E-state index contributed by atoms with van der Waals surface area (Å²) in [5.41, 5.74) is 8.76. The molecule has 1 rings (SSSR count). The molecule has 0 heterocycles. The van der Waals surface area contributed by atoms with Crippen molar-refractivity contribution in [1.82, 2.24) is 5.43 Å². The molecule has 0 atom stereocenters. The number of carbonyl (C=O) groups excluding carboxylic acids is 1. The Kier molecular flexibility index (Phi) is 4.72. The van der Waals surface area contributed by atoms with Crippen LogP contribution in [-0.4, -0.2) is 11.7 Å². The van der Waals surface area contributed by atoms with E-state index in [2.05, 4.69) is 26.5 Å². The number of hydrogen-bond donors (Lipinski definition) is 2. The summed E-state index contributed by atoms with van der Waals surface area (Å²) in [7, 11) is 0. The van der Waals surface area contributed by atoms with Crippen LogP contribution in [0.25, 0.3) is 6.08 Å². The molecule has 16 heavy (non-hydrogen) atoms. The van der Waals surface area contributed by atoms with Crippen molar-refractivity contribution in [3.05, 3.63) is 40.4 Å². The van der Waals surface area contributed by atoms with Crippen molar-refractivity contribution in [3.63, 3.8) is 0 Å². The summed E-state index contributed by atoms with van der Waals surface area (Å²) in [5, 5.41) is 3.75. The number of hydrazone groups is 1. The van der Waals surface area contributed by atoms with Gasteiger partial charge in [0.25, 0.3) is 0 Å². The van der Waals surface area contributed by atoms with Crippen molar-refractivity contribution in [2.75, 3.05) is 0 Å². The number of nitrogens with two attached hydrogens (primary N) is 1. The fraction of sp³-hybridized carbons (Fsp3) is 0.0909. The van der Waals surface area contributed by atoms with Crippen molar-refractivity contribution >= 4 is 33.7 Å². The number of benzene rings is 1. The molecule has 1 aromatic carbocycles. The lowest BCUT2D eigenvalue weighted by Crippen LogP contribution is -2.25. The summed E-state index contributed by atoms with van der Waals surface area (Å²) < 4.78 is 1.03. The number of carbonyl (C=O) groups is 1. The van der Waals surface area contributed by atoms with E-state index in [4.69, 9.17) is 5.73 Å². The van der Waals surface area contributed by atoms with E-state index in [1.54, 1.807) is 13.0 Å². The summed E-state index contributed by atoms with van der Waals surface area (Å²) >= 11 is 3.36. The predicted octanol–water partition coefficient (Wildman–Crippen LogP) is 2.51. The zero-order valence-corrected chi connectivity index (χ0v) is 10.4. The summed E-state index contributed by atoms with van der Waals surface area (Å²) in [6.45, 7) is 1.77. The number of nitrogens with zero attached hydrogens (tertiary/aromatic N) is 1. The van der Waals surface area contributed by atoms with Crippen LogP contribution in [0.3, 0.4) is 0 Å². The second-order valence-corrected chi connectivity index (χ2v) is 4.03. The van der Waals surface area contributed by atoms with E-state index in [-0.39, 0.29) is 0 Å². The highest BCUT2D eigenvalue weighted by molar-refractivity contribution is 9.10. The fourth-order valence-electron chi connectivity index (χ4n) is 0.971. The molecule has 0 aliphatic carbocycles. The van der Waals surface area contributed by atoms with Gasteiger partial charge in [-0.1, -0.05) is 34.1 Å². The Morgan fingerprint density at radius 1 is 1.44 bits per heavy atom. The maximum atomic E-state index is 10.4. The van der Waals surface area contributed by atoms with Gasteiger partial charge in [0.2, 0.25) is 0 Å². The van der Waals surface area contributed by atoms with Crippen LogP contribution in [-0.2, 0) is 0 Å². The molecular weight excluding hydrogens is 270 g/mol. The van der Waals surface area contributed by atoms with Gasteiger partial charge in [0, 0.05) is 4.47 Å². The van der Waals surface area contributed by atoms with Crippen LogP contribution >= 0.6 is 15.9 Å². The third kappa shape index (κ3) is 4.75. The smallest absolute Gasteiger partial charge is 0.332 e. The minimum Gasteiger partial charge on any atom is -0.350 e. The molecule has 0 spiro atoms. The van der Waals surface area contributed by atoms with E-state index in [0.29, 0.717) is 5.71 Å². The van der Waals surface area contributed by atoms with E-state index in [0.717, 1.165) is 10.0 Å². The average molecular weight is 282 g/mol. The summed E-state index contributed by atoms with van der Waals surface area (Å²) in [5.74, 6) is 0. The van der Waals surface area contributed by atoms with Crippen molar-refractivity contribution < 1.29 is 4.79 Å². The summed E-state index contributed by atoms with van der Waals surface area (Å²) in [6.07, 6.45) is 3.69. The van der Waals surface area contributed by atoms with Gasteiger partial charge in [-0.2, -0.15) is 5.10 Å². The van der Waals surface area contributed by atoms with E-state index in [9.17, 15) is 4.79 Å². The number of amides is 2. The second kappa shape index (κ2) is 6.07. The Morgan fingerprint density at radius 3 is 2.62 bits per heavy atom. The monoisotopic (exact) mass is 281 g/mol. The quantitative estimate of drug-likeness (QED) is 0.649. The van der Waals surface area contributed by atoms with E-state index < -0.39 is 6.03 Å². The lowest BCUT2D eigenvalue weighted by molar-refractivity contribution is 0.249. The maximum absolute atomic E-state index is 10.4. The highest BCUT2D eigenvalue weighted by Crippen LogP contribution is 2.11. The van der Waals surface area contributed by atoms with Crippen molar-refractivity contribution in [2.45, 2.75) is 6.92 Å². The molecule has 0 saturated carbocycles. The first-order valence-electron chi connectivity index (χ1n) is 4.61. The third-order valence-electron chi connectivity index (χ3n) is 1.73. The van der Waals surface area contributed by atoms with Gasteiger partial charge in [0.1, 0.15) is 0 Å². The molecule has 0 aromatic heterocycles. The van der Waals surface area contributed by atoms with Gasteiger partial charge in [0.05, 0.1) is 5.71 Å². The number of urea groups is 1. The molecule has 0 aliphatic heterocycles. The maximum Gasteiger partial charge on any atom is 0.332 e. The van der Waals surface area contributed by atoms with Crippen LogP contribution < -0.4 is 11.2 Å². The molecule has 0 saturated heterocycles. The van der Waals surface area contributed by atoms with Gasteiger partial charge >= 0.3 is 6.03 Å². The van der Waals surface area contributed by atoms with Crippen LogP contribution in [0.2, 0.25) is 0 Å². The molecule has 0 fully saturated rings. The molecule has 4 nitrogen and oxygen atoms in total. The van der Waals surface area contributed by atoms with Crippen LogP contribution in [0.1, 0.15) is 12.5 Å². The Morgan fingerprint density at radius 2 is 2.06 bits per heavy atom. The van der Waals surface area contributed by atoms with Gasteiger partial charge in [-0.05, 0) is 30.7 Å². The van der Waals surface area contributed by atoms with Crippen molar-refractivity contribution in [3.8, 4) is 0 Å². The highest BCUT2D eigenvalue weighted by atomic mass is 79.9. The standard InChI is InChI=1S/C11H12BrN3O/c1-8(14-15-11(13)16)2-3-9-4-6-10(12)7-5-9/h2-7H,1H3,(H3,13,15,16)/b3-2+,14-8+. The van der Waals surface area contributed by atoms with Gasteiger partial charge in [0.15, 0.2) is 0 Å². The van der Waals surface area contributed by atoms with Crippen LogP contribution in [0.15, 0.2) is 39.9 Å². The fourth-order valence-corrected chi connectivity index (χ4v) is 1.24. The molecule has 1 aromatic rings. The Hall–Kier alpha value is -1.62. The molecule has 5 heteroatoms. The van der Waals surface area contributed by atoms with Gasteiger partial charge in [-0.25, -0.2) is 10.2 Å². The minimum absolute atomic E-state index is 0.668. The molecule has 0 unspecified atom stereocenters. The zero-order valence-electron chi connectivity index (χ0n) is 8.77. The highest BCUT2D eigenvalue weighted by Gasteiger charge is 1.90. The first kappa shape index (κ1) is 12.4. The Bertz CT molecular complexity index is 423. The van der Waals surface area contributed by atoms with Crippen molar-refractivity contribution in [1.29, 1.82) is 0 Å². The summed E-state index contributed by atoms with van der Waals surface area (Å²) in [6, 6.07) is 7.17. The molecule has 3 N–H and O–H groups in total. The molecule has 2 amide bonds. The number of hydrogen-bond acceptors (Lipinski definition) is 2. The van der Waals surface area contributed by atoms with Crippen LogP contribution in [0.4, 0.5) is 4.79 Å². The second-order valence-electron chi connectivity index (χ2n) is 3.11. The van der Waals surface area contributed by atoms with E-state index >= 15 is 0 Å². The Labute approximate surface area is 102 Å². The van der Waals surface area contributed by atoms with Crippen molar-refractivity contribution in [2.24, 2.45) is 10.8 Å². The van der Waals surface area contributed by atoms with Gasteiger partial charge in [-0.15, -0.1) is 0 Å². The van der Waals surface area contributed by atoms with Gasteiger partial charge in [-0.3, -0.25) is 0 Å². The van der Waals surface area contributed by atoms with E-state index in [1.807, 2.05) is 30.3 Å². The number of nitrogens with one attached hydrogen (secondary N) is 1. The minimum atomic E-state index is -0.670. The normalized spacial score (nSPS) is 11.8. The largest absolute Gasteiger partial charge is 0.350 e. The Balaban J connectivity index is 2.62. The molecular formula is C11H12BrN3O. The zero-order chi connectivity index (χ0) is 12.0. The third-order valence-corrected chi connectivity index (χ3v) is 2.26. The molecule has 0 radical (unpaired) electrons.